The van der Waals surface area contributed by atoms with Crippen molar-refractivity contribution in [3.05, 3.63) is 23.3 Å². The number of nitrogen functional groups attached to an aromatic ring is 1. The quantitative estimate of drug-likeness (QED) is 0.578. The fourth-order valence-corrected chi connectivity index (χ4v) is 1.30. The number of anilines is 2. The van der Waals surface area contributed by atoms with Gasteiger partial charge in [-0.15, -0.1) is 0 Å². The van der Waals surface area contributed by atoms with E-state index in [2.05, 4.69) is 5.32 Å². The Labute approximate surface area is 76.4 Å². The second-order valence-corrected chi connectivity index (χ2v) is 2.96. The predicted octanol–water partition coefficient (Wildman–Crippen LogP) is 1.98. The maximum absolute atomic E-state index is 10.4. The van der Waals surface area contributed by atoms with Crippen LogP contribution in [-0.2, 0) is 0 Å². The van der Waals surface area contributed by atoms with Gasteiger partial charge in [-0.1, -0.05) is 0 Å². The maximum atomic E-state index is 10.4. The molecule has 0 aromatic heterocycles. The van der Waals surface area contributed by atoms with Gasteiger partial charge in [-0.2, -0.15) is 0 Å². The van der Waals surface area contributed by atoms with Crippen LogP contribution in [0.4, 0.5) is 16.2 Å². The van der Waals surface area contributed by atoms with Crippen LogP contribution in [0, 0.1) is 13.8 Å². The van der Waals surface area contributed by atoms with Crippen LogP contribution in [0.1, 0.15) is 11.1 Å². The number of hydrogen-bond acceptors (Lipinski definition) is 2. The van der Waals surface area contributed by atoms with Gasteiger partial charge in [-0.05, 0) is 37.1 Å². The standard InChI is InChI=1S/C9H12N2O2/c1-5-3-7(10)4-6(2)8(5)11-9(12)13/h3-4,11H,10H2,1-2H3,(H,12,13). The van der Waals surface area contributed by atoms with Gasteiger partial charge >= 0.3 is 6.09 Å². The van der Waals surface area contributed by atoms with Crippen molar-refractivity contribution in [2.24, 2.45) is 0 Å². The van der Waals surface area contributed by atoms with Gasteiger partial charge in [0.25, 0.3) is 0 Å². The molecular weight excluding hydrogens is 168 g/mol. The molecule has 13 heavy (non-hydrogen) atoms. The van der Waals surface area contributed by atoms with Crippen molar-refractivity contribution in [3.63, 3.8) is 0 Å². The first-order valence-corrected chi connectivity index (χ1v) is 3.87. The van der Waals surface area contributed by atoms with Crippen molar-refractivity contribution in [1.29, 1.82) is 0 Å². The van der Waals surface area contributed by atoms with Crippen LogP contribution in [0.15, 0.2) is 12.1 Å². The van der Waals surface area contributed by atoms with E-state index in [-0.39, 0.29) is 0 Å². The number of nitrogens with one attached hydrogen (secondary N) is 1. The summed E-state index contributed by atoms with van der Waals surface area (Å²) in [5.41, 5.74) is 8.51. The Morgan fingerprint density at radius 2 is 1.85 bits per heavy atom. The second kappa shape index (κ2) is 3.35. The molecule has 0 aliphatic heterocycles. The van der Waals surface area contributed by atoms with Gasteiger partial charge in [0.2, 0.25) is 0 Å². The summed E-state index contributed by atoms with van der Waals surface area (Å²) in [6, 6.07) is 3.47. The molecule has 4 nitrogen and oxygen atoms in total. The van der Waals surface area contributed by atoms with Gasteiger partial charge in [-0.3, -0.25) is 5.32 Å². The molecule has 0 atom stereocenters. The highest BCUT2D eigenvalue weighted by atomic mass is 16.4. The van der Waals surface area contributed by atoms with Crippen molar-refractivity contribution in [3.8, 4) is 0 Å². The van der Waals surface area contributed by atoms with Gasteiger partial charge in [0, 0.05) is 11.4 Å². The molecule has 0 fully saturated rings. The van der Waals surface area contributed by atoms with Gasteiger partial charge in [0.1, 0.15) is 0 Å². The first-order chi connectivity index (χ1) is 6.00. The Hall–Kier alpha value is -1.71. The molecular formula is C9H12N2O2. The summed E-state index contributed by atoms with van der Waals surface area (Å²) in [4.78, 5) is 10.4. The third kappa shape index (κ3) is 2.11. The summed E-state index contributed by atoms with van der Waals surface area (Å²) in [6.45, 7) is 3.63. The summed E-state index contributed by atoms with van der Waals surface area (Å²) in [7, 11) is 0. The average Bonchev–Trinajstić information content (AvgIpc) is 1.96. The summed E-state index contributed by atoms with van der Waals surface area (Å²) >= 11 is 0. The molecule has 0 saturated heterocycles. The van der Waals surface area contributed by atoms with Gasteiger partial charge < -0.3 is 10.8 Å². The largest absolute Gasteiger partial charge is 0.465 e. The van der Waals surface area contributed by atoms with Crippen LogP contribution in [-0.4, -0.2) is 11.2 Å². The number of rotatable bonds is 1. The summed E-state index contributed by atoms with van der Waals surface area (Å²) in [5, 5.41) is 10.9. The zero-order valence-electron chi connectivity index (χ0n) is 7.59. The Kier molecular flexibility index (Phi) is 2.41. The third-order valence-corrected chi connectivity index (χ3v) is 1.79. The summed E-state index contributed by atoms with van der Waals surface area (Å²) in [6.07, 6.45) is -1.06. The lowest BCUT2D eigenvalue weighted by Gasteiger charge is -2.09. The van der Waals surface area contributed by atoms with E-state index in [1.54, 1.807) is 12.1 Å². The molecule has 0 aliphatic rings. The van der Waals surface area contributed by atoms with Crippen LogP contribution < -0.4 is 11.1 Å². The minimum Gasteiger partial charge on any atom is -0.465 e. The molecule has 1 amide bonds. The van der Waals surface area contributed by atoms with E-state index in [4.69, 9.17) is 10.8 Å². The molecule has 0 aliphatic carbocycles. The SMILES string of the molecule is Cc1cc(N)cc(C)c1NC(=O)O. The zero-order chi connectivity index (χ0) is 10.0. The molecule has 0 spiro atoms. The van der Waals surface area contributed by atoms with E-state index >= 15 is 0 Å². The van der Waals surface area contributed by atoms with Crippen LogP contribution in [0.25, 0.3) is 0 Å². The first-order valence-electron chi connectivity index (χ1n) is 3.87. The third-order valence-electron chi connectivity index (χ3n) is 1.79. The Balaban J connectivity index is 3.13. The van der Waals surface area contributed by atoms with E-state index in [9.17, 15) is 4.79 Å². The minimum atomic E-state index is -1.06. The smallest absolute Gasteiger partial charge is 0.409 e. The molecule has 0 bridgehead atoms. The lowest BCUT2D eigenvalue weighted by molar-refractivity contribution is 0.209. The maximum Gasteiger partial charge on any atom is 0.409 e. The number of nitrogens with two attached hydrogens (primary N) is 1. The molecule has 0 saturated carbocycles. The van der Waals surface area contributed by atoms with E-state index in [1.165, 1.54) is 0 Å². The van der Waals surface area contributed by atoms with Crippen LogP contribution >= 0.6 is 0 Å². The van der Waals surface area contributed by atoms with Crippen molar-refractivity contribution in [2.75, 3.05) is 11.1 Å². The number of carbonyl (C=O) groups is 1. The Bertz CT molecular complexity index is 324. The number of carboxylic acid groups (broad SMARTS) is 1. The Morgan fingerprint density at radius 1 is 1.38 bits per heavy atom. The van der Waals surface area contributed by atoms with Crippen molar-refractivity contribution < 1.29 is 9.90 Å². The lowest BCUT2D eigenvalue weighted by Crippen LogP contribution is -2.10. The Morgan fingerprint density at radius 3 is 2.23 bits per heavy atom. The van der Waals surface area contributed by atoms with Crippen LogP contribution in [0.3, 0.4) is 0 Å². The zero-order valence-corrected chi connectivity index (χ0v) is 7.59. The van der Waals surface area contributed by atoms with E-state index in [0.717, 1.165) is 11.1 Å². The van der Waals surface area contributed by atoms with Crippen molar-refractivity contribution >= 4 is 17.5 Å². The minimum absolute atomic E-state index is 0.613. The lowest BCUT2D eigenvalue weighted by atomic mass is 10.1. The van der Waals surface area contributed by atoms with Gasteiger partial charge in [0.05, 0.1) is 0 Å². The predicted molar refractivity (Wildman–Crippen MR) is 52.0 cm³/mol. The van der Waals surface area contributed by atoms with Crippen molar-refractivity contribution in [1.82, 2.24) is 0 Å². The molecule has 0 unspecified atom stereocenters. The van der Waals surface area contributed by atoms with Gasteiger partial charge in [0.15, 0.2) is 0 Å². The second-order valence-electron chi connectivity index (χ2n) is 2.96. The highest BCUT2D eigenvalue weighted by Gasteiger charge is 2.05. The highest BCUT2D eigenvalue weighted by Crippen LogP contribution is 2.22. The monoisotopic (exact) mass is 180 g/mol. The normalized spacial score (nSPS) is 9.69. The number of amides is 1. The first kappa shape index (κ1) is 9.38. The highest BCUT2D eigenvalue weighted by molar-refractivity contribution is 5.85. The molecule has 4 N–H and O–H groups in total. The fourth-order valence-electron chi connectivity index (χ4n) is 1.30. The van der Waals surface area contributed by atoms with E-state index < -0.39 is 6.09 Å². The van der Waals surface area contributed by atoms with E-state index in [1.807, 2.05) is 13.8 Å². The average molecular weight is 180 g/mol. The van der Waals surface area contributed by atoms with Gasteiger partial charge in [-0.25, -0.2) is 4.79 Å². The molecule has 70 valence electrons. The molecule has 0 radical (unpaired) electrons. The molecule has 1 aromatic rings. The van der Waals surface area contributed by atoms with Crippen molar-refractivity contribution in [2.45, 2.75) is 13.8 Å². The topological polar surface area (TPSA) is 75.3 Å². The summed E-state index contributed by atoms with van der Waals surface area (Å²) < 4.78 is 0. The number of aryl methyl sites for hydroxylation is 2. The van der Waals surface area contributed by atoms with Crippen LogP contribution in [0.2, 0.25) is 0 Å². The molecule has 0 heterocycles. The van der Waals surface area contributed by atoms with E-state index in [0.29, 0.717) is 11.4 Å². The number of hydrogen-bond donors (Lipinski definition) is 3. The summed E-state index contributed by atoms with van der Waals surface area (Å²) in [5.74, 6) is 0. The molecule has 4 heteroatoms. The number of benzene rings is 1. The van der Waals surface area contributed by atoms with Crippen LogP contribution in [0.5, 0.6) is 0 Å². The molecule has 1 rings (SSSR count). The fraction of sp³-hybridized carbons (Fsp3) is 0.222. The molecule has 1 aromatic carbocycles.